The van der Waals surface area contributed by atoms with Gasteiger partial charge in [-0.15, -0.1) is 0 Å². The van der Waals surface area contributed by atoms with E-state index in [4.69, 9.17) is 0 Å². The zero-order valence-electron chi connectivity index (χ0n) is 17.2. The summed E-state index contributed by atoms with van der Waals surface area (Å²) >= 11 is 0.754. The number of thioether (sulfide) groups is 1. The molecule has 0 radical (unpaired) electrons. The lowest BCUT2D eigenvalue weighted by Gasteiger charge is -2.28. The summed E-state index contributed by atoms with van der Waals surface area (Å²) in [6.07, 6.45) is 0.463. The molecule has 2 atom stereocenters. The van der Waals surface area contributed by atoms with Gasteiger partial charge in [-0.1, -0.05) is 55.9 Å². The minimum absolute atomic E-state index is 0.00114. The Labute approximate surface area is 175 Å². The van der Waals surface area contributed by atoms with E-state index in [1.807, 2.05) is 44.2 Å². The monoisotopic (exact) mass is 423 g/mol. The molecule has 1 rings (SSSR count). The standard InChI is InChI=1S/C20H29N3O5S/c1-13(2)10-17(23(28)18(25)12-29-14(3)24)20(27)22-16(19(26)21-4)11-15-8-6-5-7-9-15/h5-9,13,16-17,28H,10-12H2,1-4H3,(H,21,26)(H,22,27)/t16-,17-/m0/s1. The van der Waals surface area contributed by atoms with E-state index in [0.29, 0.717) is 5.06 Å². The van der Waals surface area contributed by atoms with Gasteiger partial charge in [0.15, 0.2) is 5.12 Å². The first kappa shape index (κ1) is 24.6. The number of hydroxylamine groups is 2. The maximum atomic E-state index is 12.9. The van der Waals surface area contributed by atoms with Crippen molar-refractivity contribution in [3.8, 4) is 0 Å². The van der Waals surface area contributed by atoms with E-state index in [9.17, 15) is 24.4 Å². The first-order valence-electron chi connectivity index (χ1n) is 9.35. The molecule has 1 aromatic rings. The summed E-state index contributed by atoms with van der Waals surface area (Å²) in [4.78, 5) is 48.4. The van der Waals surface area contributed by atoms with Gasteiger partial charge < -0.3 is 10.6 Å². The fraction of sp³-hybridized carbons (Fsp3) is 0.500. The summed E-state index contributed by atoms with van der Waals surface area (Å²) in [6, 6.07) is 7.17. The molecule has 0 aliphatic carbocycles. The lowest BCUT2D eigenvalue weighted by molar-refractivity contribution is -0.179. The fourth-order valence-electron chi connectivity index (χ4n) is 2.67. The number of carbonyl (C=O) groups excluding carboxylic acids is 4. The van der Waals surface area contributed by atoms with Gasteiger partial charge in [0, 0.05) is 20.4 Å². The van der Waals surface area contributed by atoms with Crippen LogP contribution in [0.5, 0.6) is 0 Å². The van der Waals surface area contributed by atoms with Gasteiger partial charge in [-0.3, -0.25) is 24.4 Å². The Kier molecular flexibility index (Phi) is 10.4. The number of hydrogen-bond donors (Lipinski definition) is 3. The second-order valence-corrected chi connectivity index (χ2v) is 8.18. The molecule has 0 bridgehead atoms. The highest BCUT2D eigenvalue weighted by Gasteiger charge is 2.32. The number of benzene rings is 1. The predicted molar refractivity (Wildman–Crippen MR) is 111 cm³/mol. The molecule has 0 saturated heterocycles. The molecular weight excluding hydrogens is 394 g/mol. The molecule has 0 aromatic heterocycles. The summed E-state index contributed by atoms with van der Waals surface area (Å²) < 4.78 is 0. The Morgan fingerprint density at radius 2 is 1.72 bits per heavy atom. The van der Waals surface area contributed by atoms with Crippen molar-refractivity contribution >= 4 is 34.6 Å². The summed E-state index contributed by atoms with van der Waals surface area (Å²) in [7, 11) is 1.47. The van der Waals surface area contributed by atoms with Crippen molar-refractivity contribution < 1.29 is 24.4 Å². The number of carbonyl (C=O) groups is 4. The van der Waals surface area contributed by atoms with E-state index in [1.54, 1.807) is 0 Å². The first-order chi connectivity index (χ1) is 13.6. The van der Waals surface area contributed by atoms with Crippen molar-refractivity contribution in [3.05, 3.63) is 35.9 Å². The maximum absolute atomic E-state index is 12.9. The van der Waals surface area contributed by atoms with Crippen molar-refractivity contribution in [1.82, 2.24) is 15.7 Å². The topological polar surface area (TPSA) is 116 Å². The SMILES string of the molecule is CNC(=O)[C@H](Cc1ccccc1)NC(=O)[C@H](CC(C)C)N(O)C(=O)CSC(C)=O. The number of amides is 3. The Hall–Kier alpha value is -2.39. The Balaban J connectivity index is 2.95. The molecule has 0 aliphatic rings. The average molecular weight is 424 g/mol. The van der Waals surface area contributed by atoms with Crippen LogP contribution in [0, 0.1) is 5.92 Å². The number of nitrogens with one attached hydrogen (secondary N) is 2. The van der Waals surface area contributed by atoms with Crippen LogP contribution in [0.15, 0.2) is 30.3 Å². The van der Waals surface area contributed by atoms with Crippen LogP contribution in [0.25, 0.3) is 0 Å². The molecule has 0 unspecified atom stereocenters. The third-order valence-electron chi connectivity index (χ3n) is 4.11. The molecule has 0 saturated carbocycles. The van der Waals surface area contributed by atoms with Crippen LogP contribution in [0.2, 0.25) is 0 Å². The molecule has 0 aliphatic heterocycles. The van der Waals surface area contributed by atoms with E-state index in [-0.39, 0.29) is 35.5 Å². The van der Waals surface area contributed by atoms with E-state index in [2.05, 4.69) is 10.6 Å². The number of likely N-dealkylation sites (N-methyl/N-ethyl adjacent to an activating group) is 1. The smallest absolute Gasteiger partial charge is 0.257 e. The van der Waals surface area contributed by atoms with Gasteiger partial charge in [0.25, 0.3) is 5.91 Å². The number of nitrogens with zero attached hydrogens (tertiary/aromatic N) is 1. The Morgan fingerprint density at radius 1 is 1.10 bits per heavy atom. The lowest BCUT2D eigenvalue weighted by Crippen LogP contribution is -2.55. The van der Waals surface area contributed by atoms with Crippen LogP contribution in [0.3, 0.4) is 0 Å². The summed E-state index contributed by atoms with van der Waals surface area (Å²) in [6.45, 7) is 5.02. The lowest BCUT2D eigenvalue weighted by atomic mass is 10.0. The van der Waals surface area contributed by atoms with Gasteiger partial charge in [-0.25, -0.2) is 5.06 Å². The van der Waals surface area contributed by atoms with E-state index in [0.717, 1.165) is 17.3 Å². The second-order valence-electron chi connectivity index (χ2n) is 7.03. The van der Waals surface area contributed by atoms with Crippen molar-refractivity contribution in [2.75, 3.05) is 12.8 Å². The normalized spacial score (nSPS) is 12.8. The first-order valence-corrected chi connectivity index (χ1v) is 10.3. The third-order valence-corrected chi connectivity index (χ3v) is 4.91. The van der Waals surface area contributed by atoms with Crippen molar-refractivity contribution in [3.63, 3.8) is 0 Å². The highest BCUT2D eigenvalue weighted by molar-refractivity contribution is 8.14. The summed E-state index contributed by atoms with van der Waals surface area (Å²) in [5.74, 6) is -2.02. The highest BCUT2D eigenvalue weighted by Crippen LogP contribution is 2.14. The molecule has 9 heteroatoms. The summed E-state index contributed by atoms with van der Waals surface area (Å²) in [5, 5.41) is 15.6. The highest BCUT2D eigenvalue weighted by atomic mass is 32.2. The largest absolute Gasteiger partial charge is 0.357 e. The molecule has 0 spiro atoms. The van der Waals surface area contributed by atoms with Crippen molar-refractivity contribution in [1.29, 1.82) is 0 Å². The molecule has 29 heavy (non-hydrogen) atoms. The molecule has 3 amide bonds. The van der Waals surface area contributed by atoms with Gasteiger partial charge in [0.2, 0.25) is 11.8 Å². The number of hydrogen-bond acceptors (Lipinski definition) is 6. The van der Waals surface area contributed by atoms with Crippen LogP contribution < -0.4 is 10.6 Å². The van der Waals surface area contributed by atoms with Gasteiger partial charge in [0.05, 0.1) is 5.75 Å². The van der Waals surface area contributed by atoms with E-state index >= 15 is 0 Å². The van der Waals surface area contributed by atoms with Crippen LogP contribution in [0.1, 0.15) is 32.8 Å². The second kappa shape index (κ2) is 12.2. The Morgan fingerprint density at radius 3 is 2.24 bits per heavy atom. The molecule has 0 fully saturated rings. The van der Waals surface area contributed by atoms with Gasteiger partial charge in [-0.2, -0.15) is 0 Å². The molecule has 3 N–H and O–H groups in total. The Bertz CT molecular complexity index is 711. The van der Waals surface area contributed by atoms with E-state index in [1.165, 1.54) is 14.0 Å². The molecular formula is C20H29N3O5S. The number of rotatable bonds is 10. The van der Waals surface area contributed by atoms with Crippen molar-refractivity contribution in [2.45, 2.75) is 45.7 Å². The quantitative estimate of drug-likeness (QED) is 0.387. The van der Waals surface area contributed by atoms with E-state index < -0.39 is 23.9 Å². The van der Waals surface area contributed by atoms with Gasteiger partial charge >= 0.3 is 0 Å². The minimum Gasteiger partial charge on any atom is -0.357 e. The molecule has 0 heterocycles. The van der Waals surface area contributed by atoms with Crippen molar-refractivity contribution in [2.24, 2.45) is 5.92 Å². The van der Waals surface area contributed by atoms with Crippen LogP contribution in [-0.2, 0) is 25.6 Å². The minimum atomic E-state index is -1.17. The zero-order valence-corrected chi connectivity index (χ0v) is 18.0. The molecule has 1 aromatic carbocycles. The fourth-order valence-corrected chi connectivity index (χ4v) is 3.13. The van der Waals surface area contributed by atoms with Crippen LogP contribution in [0.4, 0.5) is 0 Å². The van der Waals surface area contributed by atoms with Crippen LogP contribution in [-0.4, -0.2) is 58.0 Å². The average Bonchev–Trinajstić information content (AvgIpc) is 2.69. The zero-order chi connectivity index (χ0) is 22.0. The maximum Gasteiger partial charge on any atom is 0.257 e. The predicted octanol–water partition coefficient (Wildman–Crippen LogP) is 1.37. The summed E-state index contributed by atoms with van der Waals surface area (Å²) in [5.41, 5.74) is 0.858. The van der Waals surface area contributed by atoms with Gasteiger partial charge in [-0.05, 0) is 17.9 Å². The molecule has 8 nitrogen and oxygen atoms in total. The third kappa shape index (κ3) is 8.66. The van der Waals surface area contributed by atoms with Crippen LogP contribution >= 0.6 is 11.8 Å². The van der Waals surface area contributed by atoms with Gasteiger partial charge in [0.1, 0.15) is 12.1 Å². The molecule has 160 valence electrons.